The molecule has 2 amide bonds. The van der Waals surface area contributed by atoms with Gasteiger partial charge >= 0.3 is 12.2 Å². The first-order chi connectivity index (χ1) is 12.2. The van der Waals surface area contributed by atoms with E-state index in [4.69, 9.17) is 25.1 Å². The Labute approximate surface area is 162 Å². The molecule has 0 unspecified atom stereocenters. The van der Waals surface area contributed by atoms with E-state index in [1.165, 1.54) is 0 Å². The molecule has 5 N–H and O–H groups in total. The quantitative estimate of drug-likeness (QED) is 0.489. The molecule has 0 aromatic carbocycles. The molecule has 0 radical (unpaired) electrons. The third kappa shape index (κ3) is 24.0. The largest absolute Gasteiger partial charge is 0.481 e. The van der Waals surface area contributed by atoms with Gasteiger partial charge in [0.25, 0.3) is 5.97 Å². The molecule has 0 aliphatic rings. The van der Waals surface area contributed by atoms with Gasteiger partial charge in [-0.3, -0.25) is 4.79 Å². The van der Waals surface area contributed by atoms with Crippen molar-refractivity contribution in [2.24, 2.45) is 5.73 Å². The van der Waals surface area contributed by atoms with Crippen LogP contribution in [0.15, 0.2) is 0 Å². The molecule has 0 fully saturated rings. The lowest BCUT2D eigenvalue weighted by Gasteiger charge is -2.25. The first-order valence-corrected chi connectivity index (χ1v) is 9.02. The number of carboxylic acids is 1. The van der Waals surface area contributed by atoms with Crippen LogP contribution in [0.5, 0.6) is 0 Å². The van der Waals surface area contributed by atoms with E-state index in [2.05, 4.69) is 10.6 Å². The van der Waals surface area contributed by atoms with Crippen molar-refractivity contribution in [1.82, 2.24) is 10.6 Å². The van der Waals surface area contributed by atoms with Crippen LogP contribution in [0.4, 0.5) is 9.59 Å². The molecule has 9 nitrogen and oxygen atoms in total. The number of nitrogens with one attached hydrogen (secondary N) is 2. The molecule has 9 heteroatoms. The average molecular weight is 392 g/mol. The number of hydrogen-bond donors (Lipinski definition) is 4. The molecular weight excluding hydrogens is 354 g/mol. The zero-order valence-electron chi connectivity index (χ0n) is 17.7. The number of nitrogens with two attached hydrogens (primary N) is 1. The highest BCUT2D eigenvalue weighted by Crippen LogP contribution is 2.09. The van der Waals surface area contributed by atoms with Crippen LogP contribution in [0.2, 0.25) is 0 Å². The lowest BCUT2D eigenvalue weighted by molar-refractivity contribution is -0.134. The summed E-state index contributed by atoms with van der Waals surface area (Å²) in [6.45, 7) is 12.7. The standard InChI is InChI=1S/C16H33N3O4.C2H4O2/c1-15(2,3)22-13(20)18-11-12(9-7-8-10-17)19-14(21)23-16(4,5)6;1-2(3)4/h12H,7-11,17H2,1-6H3,(H,18,20)(H,19,21);1H3,(H,3,4)/t12-;/m1./s1. The maximum Gasteiger partial charge on any atom is 0.407 e. The van der Waals surface area contributed by atoms with Crippen molar-refractivity contribution in [1.29, 1.82) is 0 Å². The second-order valence-corrected chi connectivity index (χ2v) is 8.03. The molecule has 160 valence electrons. The van der Waals surface area contributed by atoms with Gasteiger partial charge in [0.05, 0.1) is 0 Å². The van der Waals surface area contributed by atoms with E-state index in [1.807, 2.05) is 0 Å². The number of unbranched alkanes of at least 4 members (excludes halogenated alkanes) is 1. The van der Waals surface area contributed by atoms with Gasteiger partial charge in [-0.15, -0.1) is 0 Å². The van der Waals surface area contributed by atoms with Gasteiger partial charge in [-0.25, -0.2) is 9.59 Å². The summed E-state index contributed by atoms with van der Waals surface area (Å²) >= 11 is 0. The van der Waals surface area contributed by atoms with E-state index in [1.54, 1.807) is 41.5 Å². The number of rotatable bonds is 7. The first-order valence-electron chi connectivity index (χ1n) is 9.02. The van der Waals surface area contributed by atoms with E-state index in [0.29, 0.717) is 13.0 Å². The molecule has 0 aliphatic carbocycles. The van der Waals surface area contributed by atoms with E-state index in [0.717, 1.165) is 19.8 Å². The topological polar surface area (TPSA) is 140 Å². The van der Waals surface area contributed by atoms with Crippen LogP contribution in [0, 0.1) is 0 Å². The Balaban J connectivity index is 0. The maximum absolute atomic E-state index is 11.9. The van der Waals surface area contributed by atoms with Gasteiger partial charge in [-0.05, 0) is 60.9 Å². The predicted molar refractivity (Wildman–Crippen MR) is 104 cm³/mol. The Kier molecular flexibility index (Phi) is 13.3. The van der Waals surface area contributed by atoms with E-state index >= 15 is 0 Å². The van der Waals surface area contributed by atoms with E-state index in [-0.39, 0.29) is 12.6 Å². The fraction of sp³-hybridized carbons (Fsp3) is 0.833. The van der Waals surface area contributed by atoms with E-state index < -0.39 is 29.4 Å². The number of carboxylic acid groups (broad SMARTS) is 1. The smallest absolute Gasteiger partial charge is 0.407 e. The summed E-state index contributed by atoms with van der Waals surface area (Å²) in [4.78, 5) is 32.6. The number of aliphatic carboxylic acids is 1. The van der Waals surface area contributed by atoms with E-state index in [9.17, 15) is 9.59 Å². The molecule has 0 saturated heterocycles. The molecule has 0 heterocycles. The molecule has 0 aromatic heterocycles. The minimum Gasteiger partial charge on any atom is -0.481 e. The lowest BCUT2D eigenvalue weighted by Crippen LogP contribution is -2.46. The summed E-state index contributed by atoms with van der Waals surface area (Å²) < 4.78 is 10.4. The van der Waals surface area contributed by atoms with Crippen molar-refractivity contribution in [3.8, 4) is 0 Å². The zero-order chi connectivity index (χ0) is 21.7. The summed E-state index contributed by atoms with van der Waals surface area (Å²) in [7, 11) is 0. The van der Waals surface area contributed by atoms with Crippen LogP contribution in [0.1, 0.15) is 67.7 Å². The third-order valence-electron chi connectivity index (χ3n) is 2.62. The number of carbonyl (C=O) groups excluding carboxylic acids is 2. The van der Waals surface area contributed by atoms with Gasteiger partial charge in [0, 0.05) is 19.5 Å². The fourth-order valence-corrected chi connectivity index (χ4v) is 1.76. The second-order valence-electron chi connectivity index (χ2n) is 8.03. The molecule has 0 rings (SSSR count). The molecule has 0 aromatic rings. The van der Waals surface area contributed by atoms with Gasteiger partial charge in [-0.1, -0.05) is 6.42 Å². The average Bonchev–Trinajstić information content (AvgIpc) is 2.40. The molecule has 1 atom stereocenters. The SMILES string of the molecule is CC(=O)O.CC(C)(C)OC(=O)NC[C@@H](CCCCN)NC(=O)OC(C)(C)C. The van der Waals surface area contributed by atoms with Crippen molar-refractivity contribution >= 4 is 18.2 Å². The predicted octanol–water partition coefficient (Wildman–Crippen LogP) is 2.62. The van der Waals surface area contributed by atoms with Crippen LogP contribution in [-0.4, -0.2) is 53.6 Å². The highest BCUT2D eigenvalue weighted by atomic mass is 16.6. The molecular formula is C18H37N3O6. The van der Waals surface area contributed by atoms with Gasteiger partial charge < -0.3 is 30.9 Å². The molecule has 0 bridgehead atoms. The summed E-state index contributed by atoms with van der Waals surface area (Å²) in [6, 6.07) is -0.232. The van der Waals surface area contributed by atoms with Crippen LogP contribution < -0.4 is 16.4 Å². The maximum atomic E-state index is 11.9. The zero-order valence-corrected chi connectivity index (χ0v) is 17.7. The highest BCUT2D eigenvalue weighted by Gasteiger charge is 2.21. The van der Waals surface area contributed by atoms with Crippen molar-refractivity contribution in [3.63, 3.8) is 0 Å². The third-order valence-corrected chi connectivity index (χ3v) is 2.62. The molecule has 0 saturated carbocycles. The Morgan fingerprint density at radius 3 is 1.81 bits per heavy atom. The normalized spacial score (nSPS) is 12.1. The van der Waals surface area contributed by atoms with Gasteiger partial charge in [0.2, 0.25) is 0 Å². The number of alkyl carbamates (subject to hydrolysis) is 2. The Morgan fingerprint density at radius 1 is 0.963 bits per heavy atom. The molecule has 0 aliphatic heterocycles. The Hall–Kier alpha value is -2.03. The van der Waals surface area contributed by atoms with Gasteiger partial charge in [0.15, 0.2) is 0 Å². The summed E-state index contributed by atoms with van der Waals surface area (Å²) in [5.41, 5.74) is 4.37. The van der Waals surface area contributed by atoms with Crippen molar-refractivity contribution in [2.45, 2.75) is 85.0 Å². The van der Waals surface area contributed by atoms with Gasteiger partial charge in [0.1, 0.15) is 11.2 Å². The van der Waals surface area contributed by atoms with Crippen LogP contribution >= 0.6 is 0 Å². The summed E-state index contributed by atoms with van der Waals surface area (Å²) in [5, 5.41) is 12.9. The fourth-order valence-electron chi connectivity index (χ4n) is 1.76. The van der Waals surface area contributed by atoms with Crippen LogP contribution in [-0.2, 0) is 14.3 Å². The highest BCUT2D eigenvalue weighted by molar-refractivity contribution is 5.69. The minimum absolute atomic E-state index is 0.232. The second kappa shape index (κ2) is 13.2. The lowest BCUT2D eigenvalue weighted by atomic mass is 10.1. The number of hydrogen-bond acceptors (Lipinski definition) is 6. The van der Waals surface area contributed by atoms with Crippen LogP contribution in [0.25, 0.3) is 0 Å². The minimum atomic E-state index is -0.833. The number of carbonyl (C=O) groups is 3. The van der Waals surface area contributed by atoms with Crippen molar-refractivity contribution in [3.05, 3.63) is 0 Å². The monoisotopic (exact) mass is 391 g/mol. The van der Waals surface area contributed by atoms with Crippen LogP contribution in [0.3, 0.4) is 0 Å². The Morgan fingerprint density at radius 2 is 1.41 bits per heavy atom. The number of amides is 2. The Bertz CT molecular complexity index is 451. The van der Waals surface area contributed by atoms with Crippen molar-refractivity contribution in [2.75, 3.05) is 13.1 Å². The van der Waals surface area contributed by atoms with Crippen molar-refractivity contribution < 1.29 is 29.0 Å². The molecule has 27 heavy (non-hydrogen) atoms. The van der Waals surface area contributed by atoms with Gasteiger partial charge in [-0.2, -0.15) is 0 Å². The molecule has 0 spiro atoms. The first kappa shape index (κ1) is 27.2. The number of ether oxygens (including phenoxy) is 2. The summed E-state index contributed by atoms with van der Waals surface area (Å²) in [5.74, 6) is -0.833. The summed E-state index contributed by atoms with van der Waals surface area (Å²) in [6.07, 6.45) is 1.41.